The third kappa shape index (κ3) is 4.74. The van der Waals surface area contributed by atoms with Crippen molar-refractivity contribution in [3.05, 3.63) is 77.5 Å². The van der Waals surface area contributed by atoms with Gasteiger partial charge in [-0.25, -0.2) is 0 Å². The molecule has 0 saturated heterocycles. The Morgan fingerprint density at radius 2 is 1.89 bits per heavy atom. The number of thiophene rings is 1. The molecule has 1 aromatic heterocycles. The molecule has 0 unspecified atom stereocenters. The summed E-state index contributed by atoms with van der Waals surface area (Å²) in [6.07, 6.45) is 2.07. The fourth-order valence-electron chi connectivity index (χ4n) is 2.56. The summed E-state index contributed by atoms with van der Waals surface area (Å²) >= 11 is 1.63. The Kier molecular flexibility index (Phi) is 5.88. The van der Waals surface area contributed by atoms with Gasteiger partial charge < -0.3 is 16.4 Å². The number of benzene rings is 2. The van der Waals surface area contributed by atoms with E-state index in [0.29, 0.717) is 23.4 Å². The largest absolute Gasteiger partial charge is 0.397 e. The molecule has 4 N–H and O–H groups in total. The van der Waals surface area contributed by atoms with Crippen LogP contribution in [0.15, 0.2) is 60.0 Å². The van der Waals surface area contributed by atoms with E-state index in [1.54, 1.807) is 43.0 Å². The van der Waals surface area contributed by atoms with Gasteiger partial charge in [0.05, 0.1) is 17.8 Å². The second-order valence-electron chi connectivity index (χ2n) is 5.95. The molecule has 0 spiro atoms. The Balaban J connectivity index is 1.70. The van der Waals surface area contributed by atoms with Crippen LogP contribution in [-0.4, -0.2) is 18.9 Å². The maximum atomic E-state index is 12.6. The Bertz CT molecular complexity index is 935. The van der Waals surface area contributed by atoms with Gasteiger partial charge in [0.15, 0.2) is 0 Å². The minimum atomic E-state index is -0.230. The molecule has 27 heavy (non-hydrogen) atoms. The van der Waals surface area contributed by atoms with Crippen molar-refractivity contribution in [1.29, 1.82) is 0 Å². The number of hydrogen-bond acceptors (Lipinski definition) is 4. The first kappa shape index (κ1) is 18.7. The Labute approximate surface area is 162 Å². The smallest absolute Gasteiger partial charge is 0.255 e. The quantitative estimate of drug-likeness (QED) is 0.571. The van der Waals surface area contributed by atoms with E-state index in [1.807, 2.05) is 41.8 Å². The second-order valence-corrected chi connectivity index (χ2v) is 6.90. The highest BCUT2D eigenvalue weighted by Crippen LogP contribution is 2.30. The van der Waals surface area contributed by atoms with Gasteiger partial charge in [0.1, 0.15) is 0 Å². The highest BCUT2D eigenvalue weighted by molar-refractivity contribution is 7.13. The van der Waals surface area contributed by atoms with E-state index in [9.17, 15) is 9.59 Å². The lowest BCUT2D eigenvalue weighted by Crippen LogP contribution is -2.18. The fourth-order valence-corrected chi connectivity index (χ4v) is 3.28. The van der Waals surface area contributed by atoms with Crippen molar-refractivity contribution in [2.24, 2.45) is 0 Å². The first-order valence-corrected chi connectivity index (χ1v) is 9.33. The summed E-state index contributed by atoms with van der Waals surface area (Å²) in [5, 5.41) is 7.43. The van der Waals surface area contributed by atoms with Crippen molar-refractivity contribution in [1.82, 2.24) is 5.32 Å². The highest BCUT2D eigenvalue weighted by Gasteiger charge is 2.10. The molecule has 5 nitrogen and oxygen atoms in total. The lowest BCUT2D eigenvalue weighted by atomic mass is 10.1. The first-order valence-electron chi connectivity index (χ1n) is 8.45. The molecule has 6 heteroatoms. The number of carbonyl (C=O) groups excluding carboxylic acids is 2. The molecule has 0 atom stereocenters. The maximum Gasteiger partial charge on any atom is 0.255 e. The Morgan fingerprint density at radius 3 is 2.56 bits per heavy atom. The summed E-state index contributed by atoms with van der Waals surface area (Å²) in [4.78, 5) is 24.9. The molecular weight excluding hydrogens is 358 g/mol. The van der Waals surface area contributed by atoms with Crippen LogP contribution in [0.5, 0.6) is 0 Å². The van der Waals surface area contributed by atoms with E-state index in [0.717, 1.165) is 16.0 Å². The Morgan fingerprint density at radius 1 is 1.11 bits per heavy atom. The zero-order valence-electron chi connectivity index (χ0n) is 14.9. The normalized spacial score (nSPS) is 10.4. The van der Waals surface area contributed by atoms with Crippen molar-refractivity contribution in [3.63, 3.8) is 0 Å². The highest BCUT2D eigenvalue weighted by atomic mass is 32.1. The van der Waals surface area contributed by atoms with Gasteiger partial charge in [-0.3, -0.25) is 9.59 Å². The Hall–Kier alpha value is -3.12. The van der Waals surface area contributed by atoms with Crippen molar-refractivity contribution < 1.29 is 9.59 Å². The summed E-state index contributed by atoms with van der Waals surface area (Å²) in [5.41, 5.74) is 9.61. The topological polar surface area (TPSA) is 84.2 Å². The van der Waals surface area contributed by atoms with Gasteiger partial charge in [-0.1, -0.05) is 24.3 Å². The van der Waals surface area contributed by atoms with E-state index in [1.165, 1.54) is 0 Å². The van der Waals surface area contributed by atoms with E-state index in [4.69, 9.17) is 5.73 Å². The average Bonchev–Trinajstić information content (AvgIpc) is 3.23. The minimum absolute atomic E-state index is 0.127. The van der Waals surface area contributed by atoms with Crippen molar-refractivity contribution in [3.8, 4) is 10.4 Å². The average molecular weight is 378 g/mol. The summed E-state index contributed by atoms with van der Waals surface area (Å²) in [6, 6.07) is 16.8. The molecule has 137 valence electrons. The summed E-state index contributed by atoms with van der Waals surface area (Å²) < 4.78 is 0. The number of anilines is 2. The van der Waals surface area contributed by atoms with E-state index in [-0.39, 0.29) is 11.8 Å². The number of hydrogen-bond donors (Lipinski definition) is 3. The van der Waals surface area contributed by atoms with Crippen LogP contribution in [0.1, 0.15) is 15.9 Å². The second kappa shape index (κ2) is 8.51. The van der Waals surface area contributed by atoms with E-state index < -0.39 is 0 Å². The van der Waals surface area contributed by atoms with Crippen LogP contribution in [-0.2, 0) is 11.2 Å². The van der Waals surface area contributed by atoms with E-state index in [2.05, 4.69) is 10.6 Å². The zero-order chi connectivity index (χ0) is 19.2. The zero-order valence-corrected chi connectivity index (χ0v) is 15.7. The van der Waals surface area contributed by atoms with Gasteiger partial charge in [-0.2, -0.15) is 0 Å². The number of nitrogens with two attached hydrogens (primary N) is 1. The molecule has 0 aliphatic rings. The minimum Gasteiger partial charge on any atom is -0.397 e. The van der Waals surface area contributed by atoms with Crippen molar-refractivity contribution in [2.45, 2.75) is 6.42 Å². The molecule has 0 aliphatic heterocycles. The van der Waals surface area contributed by atoms with Crippen LogP contribution in [0, 0.1) is 6.42 Å². The first-order chi connectivity index (χ1) is 13.1. The van der Waals surface area contributed by atoms with Gasteiger partial charge in [-0.05, 0) is 53.3 Å². The van der Waals surface area contributed by atoms with E-state index >= 15 is 0 Å². The maximum absolute atomic E-state index is 12.6. The van der Waals surface area contributed by atoms with Gasteiger partial charge in [0, 0.05) is 17.5 Å². The van der Waals surface area contributed by atoms with Crippen LogP contribution >= 0.6 is 11.3 Å². The molecule has 2 aromatic carbocycles. The van der Waals surface area contributed by atoms with Gasteiger partial charge >= 0.3 is 0 Å². The molecule has 1 heterocycles. The third-order valence-corrected chi connectivity index (χ3v) is 5.01. The van der Waals surface area contributed by atoms with Crippen LogP contribution in [0.3, 0.4) is 0 Å². The number of carbonyl (C=O) groups is 2. The summed E-state index contributed by atoms with van der Waals surface area (Å²) in [5.74, 6) is -0.357. The molecule has 0 fully saturated rings. The predicted molar refractivity (Wildman–Crippen MR) is 111 cm³/mol. The summed E-state index contributed by atoms with van der Waals surface area (Å²) in [7, 11) is 1.59. The van der Waals surface area contributed by atoms with Crippen LogP contribution < -0.4 is 16.4 Å². The predicted octanol–water partition coefficient (Wildman–Crippen LogP) is 3.74. The van der Waals surface area contributed by atoms with Crippen LogP contribution in [0.25, 0.3) is 10.4 Å². The van der Waals surface area contributed by atoms with Gasteiger partial charge in [-0.15, -0.1) is 11.3 Å². The summed E-state index contributed by atoms with van der Waals surface area (Å²) in [6.45, 7) is 0. The molecule has 0 saturated carbocycles. The van der Waals surface area contributed by atoms with Gasteiger partial charge in [0.25, 0.3) is 5.91 Å². The third-order valence-electron chi connectivity index (χ3n) is 4.09. The molecule has 2 amide bonds. The number of nitrogens with one attached hydrogen (secondary N) is 2. The van der Waals surface area contributed by atoms with Crippen LogP contribution in [0.4, 0.5) is 11.4 Å². The number of rotatable bonds is 6. The van der Waals surface area contributed by atoms with Crippen LogP contribution in [0.2, 0.25) is 0 Å². The molecule has 0 bridgehead atoms. The SMILES string of the molecule is CNC(=O)[CH]Cc1ccc(C(=O)Nc2cc(-c3cccs3)ccc2N)cc1. The molecule has 3 rings (SSSR count). The lowest BCUT2D eigenvalue weighted by Gasteiger charge is -2.10. The molecule has 3 aromatic rings. The van der Waals surface area contributed by atoms with Crippen molar-refractivity contribution >= 4 is 34.5 Å². The molecular formula is C21H20N3O2S. The number of amides is 2. The standard InChI is InChI=1S/C21H20N3O2S/c1-23-20(25)11-6-14-4-7-15(8-5-14)21(26)24-18-13-16(9-10-17(18)22)19-3-2-12-27-19/h2-5,7-13H,6,22H2,1H3,(H,23,25)(H,24,26). The molecule has 1 radical (unpaired) electrons. The van der Waals surface area contributed by atoms with Crippen molar-refractivity contribution in [2.75, 3.05) is 18.1 Å². The molecule has 0 aliphatic carbocycles. The number of nitrogen functional groups attached to an aromatic ring is 1. The van der Waals surface area contributed by atoms with Gasteiger partial charge in [0.2, 0.25) is 5.91 Å². The lowest BCUT2D eigenvalue weighted by molar-refractivity contribution is -0.117. The fraction of sp³-hybridized carbons (Fsp3) is 0.0952. The monoisotopic (exact) mass is 378 g/mol.